The molecule has 0 bridgehead atoms. The van der Waals surface area contributed by atoms with E-state index in [0.29, 0.717) is 11.6 Å². The van der Waals surface area contributed by atoms with Gasteiger partial charge >= 0.3 is 0 Å². The summed E-state index contributed by atoms with van der Waals surface area (Å²) in [5.74, 6) is 0. The Morgan fingerprint density at radius 2 is 1.80 bits per heavy atom. The molecule has 0 saturated heterocycles. The van der Waals surface area contributed by atoms with Crippen LogP contribution in [0.2, 0.25) is 0 Å². The van der Waals surface area contributed by atoms with Crippen molar-refractivity contribution in [3.05, 3.63) is 0 Å². The summed E-state index contributed by atoms with van der Waals surface area (Å²) in [5, 5.41) is 3.45. The number of nitrogens with zero attached hydrogens (tertiary/aromatic N) is 1. The Labute approximate surface area is 96.4 Å². The van der Waals surface area contributed by atoms with Crippen LogP contribution in [0.3, 0.4) is 0 Å². The Hall–Kier alpha value is -0.0800. The Morgan fingerprint density at radius 1 is 1.20 bits per heavy atom. The van der Waals surface area contributed by atoms with Crippen LogP contribution < -0.4 is 5.32 Å². The number of hydrogen-bond donors (Lipinski definition) is 1. The van der Waals surface area contributed by atoms with Crippen LogP contribution in [0.4, 0.5) is 0 Å². The van der Waals surface area contributed by atoms with Crippen LogP contribution in [-0.4, -0.2) is 36.6 Å². The van der Waals surface area contributed by atoms with Crippen LogP contribution in [-0.2, 0) is 0 Å². The number of unbranched alkanes of at least 4 members (excludes halogenated alkanes) is 1. The van der Waals surface area contributed by atoms with Crippen molar-refractivity contribution >= 4 is 0 Å². The molecule has 0 aromatic carbocycles. The Morgan fingerprint density at radius 3 is 2.27 bits per heavy atom. The van der Waals surface area contributed by atoms with E-state index in [1.165, 1.54) is 25.8 Å². The minimum atomic E-state index is 0.353. The summed E-state index contributed by atoms with van der Waals surface area (Å²) in [6.07, 6.45) is 3.79. The van der Waals surface area contributed by atoms with Crippen molar-refractivity contribution in [3.63, 3.8) is 0 Å². The summed E-state index contributed by atoms with van der Waals surface area (Å²) in [6.45, 7) is 13.7. The molecule has 0 aromatic rings. The van der Waals surface area contributed by atoms with Gasteiger partial charge in [-0.2, -0.15) is 0 Å². The zero-order chi connectivity index (χ0) is 11.9. The van der Waals surface area contributed by atoms with Gasteiger partial charge in [0, 0.05) is 11.6 Å². The summed E-state index contributed by atoms with van der Waals surface area (Å²) < 4.78 is 0. The van der Waals surface area contributed by atoms with E-state index in [0.717, 1.165) is 6.54 Å². The molecule has 2 heteroatoms. The van der Waals surface area contributed by atoms with Crippen molar-refractivity contribution in [3.8, 4) is 0 Å². The molecule has 0 fully saturated rings. The monoisotopic (exact) mass is 214 g/mol. The molecular formula is C13H30N2. The van der Waals surface area contributed by atoms with Gasteiger partial charge in [0.1, 0.15) is 0 Å². The van der Waals surface area contributed by atoms with Crippen molar-refractivity contribution in [1.82, 2.24) is 10.2 Å². The van der Waals surface area contributed by atoms with Crippen molar-refractivity contribution in [2.45, 2.75) is 65.5 Å². The average molecular weight is 214 g/mol. The molecule has 0 aliphatic rings. The molecule has 0 atom stereocenters. The highest BCUT2D eigenvalue weighted by atomic mass is 15.2. The molecule has 0 aliphatic heterocycles. The molecule has 0 amide bonds. The number of rotatable bonds is 8. The van der Waals surface area contributed by atoms with Crippen LogP contribution in [0.15, 0.2) is 0 Å². The normalized spacial score (nSPS) is 12.8. The van der Waals surface area contributed by atoms with Crippen LogP contribution in [0.5, 0.6) is 0 Å². The van der Waals surface area contributed by atoms with Gasteiger partial charge < -0.3 is 10.2 Å². The summed E-state index contributed by atoms with van der Waals surface area (Å²) in [5.41, 5.74) is 0.353. The Bertz CT molecular complexity index is 153. The molecule has 0 saturated carbocycles. The van der Waals surface area contributed by atoms with Crippen molar-refractivity contribution in [2.75, 3.05) is 20.1 Å². The van der Waals surface area contributed by atoms with Crippen LogP contribution >= 0.6 is 0 Å². The fourth-order valence-corrected chi connectivity index (χ4v) is 1.44. The molecule has 0 heterocycles. The lowest BCUT2D eigenvalue weighted by atomic mass is 10.00. The minimum Gasteiger partial charge on any atom is -0.315 e. The quantitative estimate of drug-likeness (QED) is 0.625. The van der Waals surface area contributed by atoms with Crippen molar-refractivity contribution < 1.29 is 0 Å². The van der Waals surface area contributed by atoms with Crippen LogP contribution in [0, 0.1) is 0 Å². The first kappa shape index (κ1) is 14.9. The van der Waals surface area contributed by atoms with Gasteiger partial charge in [-0.1, -0.05) is 20.8 Å². The largest absolute Gasteiger partial charge is 0.315 e. The average Bonchev–Trinajstić information content (AvgIpc) is 2.16. The molecule has 0 radical (unpaired) electrons. The lowest BCUT2D eigenvalue weighted by Crippen LogP contribution is -2.41. The fourth-order valence-electron chi connectivity index (χ4n) is 1.44. The first-order valence-corrected chi connectivity index (χ1v) is 6.34. The minimum absolute atomic E-state index is 0.353. The molecule has 0 rings (SSSR count). The maximum absolute atomic E-state index is 3.45. The zero-order valence-electron chi connectivity index (χ0n) is 11.6. The summed E-state index contributed by atoms with van der Waals surface area (Å²) in [4.78, 5) is 2.47. The van der Waals surface area contributed by atoms with Crippen molar-refractivity contribution in [2.24, 2.45) is 0 Å². The lowest BCUT2D eigenvalue weighted by molar-refractivity contribution is 0.148. The maximum atomic E-state index is 3.45. The highest BCUT2D eigenvalue weighted by molar-refractivity contribution is 4.76. The van der Waals surface area contributed by atoms with E-state index in [4.69, 9.17) is 0 Å². The third kappa shape index (κ3) is 6.91. The SMILES string of the molecule is CCC(C)(C)N(C)CCCCNC(C)C. The molecule has 0 unspecified atom stereocenters. The summed E-state index contributed by atoms with van der Waals surface area (Å²) in [7, 11) is 2.24. The van der Waals surface area contributed by atoms with E-state index in [2.05, 4.69) is 51.9 Å². The van der Waals surface area contributed by atoms with Crippen molar-refractivity contribution in [1.29, 1.82) is 0 Å². The predicted octanol–water partition coefficient (Wildman–Crippen LogP) is 2.89. The van der Waals surface area contributed by atoms with Gasteiger partial charge in [0.25, 0.3) is 0 Å². The van der Waals surface area contributed by atoms with E-state index < -0.39 is 0 Å². The van der Waals surface area contributed by atoms with E-state index in [-0.39, 0.29) is 0 Å². The van der Waals surface area contributed by atoms with Gasteiger partial charge in [-0.3, -0.25) is 0 Å². The van der Waals surface area contributed by atoms with E-state index in [9.17, 15) is 0 Å². The topological polar surface area (TPSA) is 15.3 Å². The zero-order valence-corrected chi connectivity index (χ0v) is 11.6. The lowest BCUT2D eigenvalue weighted by Gasteiger charge is -2.34. The standard InChI is InChI=1S/C13H30N2/c1-7-13(4,5)15(6)11-9-8-10-14-12(2)3/h12,14H,7-11H2,1-6H3. The van der Waals surface area contributed by atoms with Crippen LogP contribution in [0.1, 0.15) is 53.9 Å². The molecule has 0 aromatic heterocycles. The number of hydrogen-bond acceptors (Lipinski definition) is 2. The predicted molar refractivity (Wildman–Crippen MR) is 69.4 cm³/mol. The summed E-state index contributed by atoms with van der Waals surface area (Å²) >= 11 is 0. The first-order valence-electron chi connectivity index (χ1n) is 6.34. The third-order valence-electron chi connectivity index (χ3n) is 3.37. The highest BCUT2D eigenvalue weighted by Gasteiger charge is 2.19. The van der Waals surface area contributed by atoms with Gasteiger partial charge in [0.05, 0.1) is 0 Å². The van der Waals surface area contributed by atoms with E-state index in [1.54, 1.807) is 0 Å². The van der Waals surface area contributed by atoms with Gasteiger partial charge in [0.15, 0.2) is 0 Å². The molecule has 0 aliphatic carbocycles. The van der Waals surface area contributed by atoms with Gasteiger partial charge in [-0.15, -0.1) is 0 Å². The smallest absolute Gasteiger partial charge is 0.0147 e. The van der Waals surface area contributed by atoms with Gasteiger partial charge in [0.2, 0.25) is 0 Å². The van der Waals surface area contributed by atoms with E-state index >= 15 is 0 Å². The Kier molecular flexibility index (Phi) is 7.20. The van der Waals surface area contributed by atoms with Gasteiger partial charge in [-0.25, -0.2) is 0 Å². The molecule has 2 nitrogen and oxygen atoms in total. The molecule has 15 heavy (non-hydrogen) atoms. The molecule has 92 valence electrons. The Balaban J connectivity index is 3.51. The molecular weight excluding hydrogens is 184 g/mol. The second-order valence-corrected chi connectivity index (χ2v) is 5.40. The highest BCUT2D eigenvalue weighted by Crippen LogP contribution is 2.16. The fraction of sp³-hybridized carbons (Fsp3) is 1.00. The summed E-state index contributed by atoms with van der Waals surface area (Å²) in [6, 6.07) is 0.620. The second-order valence-electron chi connectivity index (χ2n) is 5.40. The first-order chi connectivity index (χ1) is 6.90. The van der Waals surface area contributed by atoms with E-state index in [1.807, 2.05) is 0 Å². The van der Waals surface area contributed by atoms with Gasteiger partial charge in [-0.05, 0) is 53.2 Å². The maximum Gasteiger partial charge on any atom is 0.0147 e. The third-order valence-corrected chi connectivity index (χ3v) is 3.37. The second kappa shape index (κ2) is 7.24. The van der Waals surface area contributed by atoms with Crippen LogP contribution in [0.25, 0.3) is 0 Å². The molecule has 0 spiro atoms. The molecule has 1 N–H and O–H groups in total. The number of nitrogens with one attached hydrogen (secondary N) is 1.